The monoisotopic (exact) mass is 2100 g/mol. The van der Waals surface area contributed by atoms with Crippen molar-refractivity contribution in [3.05, 3.63) is 287 Å². The number of pyridine rings is 4. The van der Waals surface area contributed by atoms with E-state index in [1.807, 2.05) is 52.0 Å². The van der Waals surface area contributed by atoms with Gasteiger partial charge >= 0.3 is 0 Å². The number of aryl methyl sites for hydroxylation is 8. The second kappa shape index (κ2) is 47.7. The van der Waals surface area contributed by atoms with Crippen molar-refractivity contribution in [3.63, 3.8) is 0 Å². The minimum Gasteiger partial charge on any atom is -0.494 e. The van der Waals surface area contributed by atoms with Gasteiger partial charge in [0.25, 0.3) is 0 Å². The van der Waals surface area contributed by atoms with Crippen LogP contribution in [0.3, 0.4) is 0 Å². The lowest BCUT2D eigenvalue weighted by molar-refractivity contribution is 0.165. The number of hydrogen-bond donors (Lipinski definition) is 4. The maximum atomic E-state index is 13.5. The van der Waals surface area contributed by atoms with E-state index in [-0.39, 0.29) is 46.6 Å². The summed E-state index contributed by atoms with van der Waals surface area (Å²) < 4.78 is 159. The van der Waals surface area contributed by atoms with Crippen LogP contribution in [0.15, 0.2) is 196 Å². The number of hydrogen-bond acceptors (Lipinski definition) is 40. The molecule has 0 aliphatic carbocycles. The van der Waals surface area contributed by atoms with Gasteiger partial charge in [-0.05, 0) is 200 Å². The van der Waals surface area contributed by atoms with E-state index >= 15 is 0 Å². The molecule has 0 unspecified atom stereocenters. The highest BCUT2D eigenvalue weighted by Gasteiger charge is 2.40. The van der Waals surface area contributed by atoms with Gasteiger partial charge in [-0.3, -0.25) is 38.2 Å². The average Bonchev–Trinajstić information content (AvgIpc) is 1.61. The van der Waals surface area contributed by atoms with Gasteiger partial charge in [0.2, 0.25) is 0 Å². The molecule has 0 fully saturated rings. The van der Waals surface area contributed by atoms with Crippen molar-refractivity contribution in [2.75, 3.05) is 56.9 Å². The summed E-state index contributed by atoms with van der Waals surface area (Å²) in [5, 5.41) is 72.4. The SMILES string of the molecule is COc1cccc(OC)c1-n1c(CS(=O)(=O)[C@@H](C)[C@@H](O)c2ncc(C)cn2)nnc1-c1cncc(C)c1.COc1cccc(OC)c1-n1c(CS(=O)(=O)[C@@H](C)[C@H](O)c2ncc(C)cn2)nnc1-c1cncc(C)c1.COc1cccc(OC)c1-n1c(CS(=O)(=O)[C@H](C)[C@@H](O)c2ncc(C)cn2)nnc1-c1cncc(C)c1.COc1cccc(OC)c1-n1c(CS(=O)(=O)[C@H](C)[C@H](O)c2ncc(C)cn2)nnc1-c1cncc(C)c1. The molecule has 148 heavy (non-hydrogen) atoms. The van der Waals surface area contributed by atoms with Gasteiger partial charge < -0.3 is 58.3 Å². The number of nitrogens with zero attached hydrogens (tertiary/aromatic N) is 24. The van der Waals surface area contributed by atoms with Crippen LogP contribution in [0.5, 0.6) is 46.0 Å². The zero-order valence-corrected chi connectivity index (χ0v) is 87.9. The summed E-state index contributed by atoms with van der Waals surface area (Å²) in [6, 6.07) is 28.4. The Labute approximate surface area is 855 Å². The molecule has 776 valence electrons. The molecule has 0 saturated carbocycles. The highest BCUT2D eigenvalue weighted by atomic mass is 32.2. The van der Waals surface area contributed by atoms with Crippen LogP contribution in [-0.4, -0.2) is 251 Å². The third-order valence-electron chi connectivity index (χ3n) is 23.6. The first kappa shape index (κ1) is 110. The number of ether oxygens (including phenoxy) is 8. The largest absolute Gasteiger partial charge is 0.494 e. The Kier molecular flexibility index (Phi) is 35.3. The summed E-state index contributed by atoms with van der Waals surface area (Å²) in [5.74, 6) is 3.37. The smallest absolute Gasteiger partial charge is 0.170 e. The normalized spacial score (nSPS) is 13.2. The number of aliphatic hydroxyl groups is 4. The molecule has 0 spiro atoms. The van der Waals surface area contributed by atoms with Gasteiger partial charge in [0, 0.05) is 121 Å². The first-order valence-electron chi connectivity index (χ1n) is 45.7. The van der Waals surface area contributed by atoms with Gasteiger partial charge in [0.1, 0.15) is 116 Å². The highest BCUT2D eigenvalue weighted by Crippen LogP contribution is 2.44. The molecule has 4 aromatic carbocycles. The third-order valence-corrected chi connectivity index (χ3v) is 31.8. The lowest BCUT2D eigenvalue weighted by Crippen LogP contribution is -2.29. The molecular weight excluding hydrogens is 1990 g/mol. The van der Waals surface area contributed by atoms with Crippen LogP contribution in [0, 0.1) is 55.4 Å². The van der Waals surface area contributed by atoms with E-state index in [9.17, 15) is 54.1 Å². The maximum absolute atomic E-state index is 13.5. The quantitative estimate of drug-likeness (QED) is 0.0283. The number of aliphatic hydroxyl groups excluding tert-OH is 4. The molecule has 0 amide bonds. The predicted molar refractivity (Wildman–Crippen MR) is 545 cm³/mol. The minimum absolute atomic E-state index is 0.0288. The molecule has 0 bridgehead atoms. The van der Waals surface area contributed by atoms with Gasteiger partial charge in [0.05, 0.1) is 77.9 Å². The molecule has 0 saturated heterocycles. The molecule has 12 aromatic heterocycles. The predicted octanol–water partition coefficient (Wildman–Crippen LogP) is 11.2. The van der Waals surface area contributed by atoms with E-state index in [0.29, 0.717) is 114 Å². The van der Waals surface area contributed by atoms with Crippen LogP contribution in [0.2, 0.25) is 0 Å². The molecule has 12 heterocycles. The zero-order chi connectivity index (χ0) is 107. The lowest BCUT2D eigenvalue weighted by Gasteiger charge is -2.20. The summed E-state index contributed by atoms with van der Waals surface area (Å²) in [5.41, 5.74) is 11.0. The van der Waals surface area contributed by atoms with Gasteiger partial charge in [-0.2, -0.15) is 0 Å². The Hall–Kier alpha value is -15.6. The Morgan fingerprint density at radius 1 is 0.243 bits per heavy atom. The molecule has 48 heteroatoms. The molecule has 0 aliphatic rings. The van der Waals surface area contributed by atoms with Crippen molar-refractivity contribution >= 4 is 39.3 Å². The summed E-state index contributed by atoms with van der Waals surface area (Å²) in [4.78, 5) is 49.7. The van der Waals surface area contributed by atoms with Crippen molar-refractivity contribution in [1.82, 2.24) is 119 Å². The van der Waals surface area contributed by atoms with Crippen molar-refractivity contribution in [1.29, 1.82) is 0 Å². The van der Waals surface area contributed by atoms with E-state index in [1.165, 1.54) is 134 Å². The van der Waals surface area contributed by atoms with Gasteiger partial charge in [-0.1, -0.05) is 24.3 Å². The molecule has 44 nitrogen and oxygen atoms in total. The Balaban J connectivity index is 0.000000165. The number of rotatable bonds is 36. The van der Waals surface area contributed by atoms with Crippen molar-refractivity contribution in [2.45, 2.75) is 152 Å². The van der Waals surface area contributed by atoms with Crippen molar-refractivity contribution in [3.8, 4) is 114 Å². The lowest BCUT2D eigenvalue weighted by atomic mass is 10.2. The van der Waals surface area contributed by atoms with E-state index in [0.717, 1.165) is 44.5 Å². The molecule has 0 aliphatic heterocycles. The van der Waals surface area contributed by atoms with Crippen LogP contribution >= 0.6 is 0 Å². The fourth-order valence-electron chi connectivity index (χ4n) is 15.3. The molecule has 16 rings (SSSR count). The van der Waals surface area contributed by atoms with Crippen LogP contribution in [-0.2, 0) is 62.4 Å². The van der Waals surface area contributed by atoms with Crippen LogP contribution in [0.1, 0.15) is 143 Å². The second-order valence-electron chi connectivity index (χ2n) is 34.5. The van der Waals surface area contributed by atoms with Crippen molar-refractivity contribution in [2.24, 2.45) is 0 Å². The Morgan fingerprint density at radius 3 is 0.554 bits per heavy atom. The number of sulfone groups is 4. The maximum Gasteiger partial charge on any atom is 0.170 e. The summed E-state index contributed by atoms with van der Waals surface area (Å²) in [7, 11) is -3.82. The number of para-hydroxylation sites is 4. The number of aromatic nitrogens is 24. The first-order chi connectivity index (χ1) is 70.6. The van der Waals surface area contributed by atoms with E-state index in [2.05, 4.69) is 101 Å². The number of benzene rings is 4. The summed E-state index contributed by atoms with van der Waals surface area (Å²) in [6.07, 6.45) is 19.8. The Bertz CT molecular complexity index is 6840. The summed E-state index contributed by atoms with van der Waals surface area (Å²) >= 11 is 0. The molecule has 8 atom stereocenters. The second-order valence-corrected chi connectivity index (χ2v) is 43.9. The minimum atomic E-state index is -3.97. The zero-order valence-electron chi connectivity index (χ0n) is 84.6. The van der Waals surface area contributed by atoms with E-state index in [4.69, 9.17) is 37.9 Å². The summed E-state index contributed by atoms with van der Waals surface area (Å²) in [6.45, 7) is 20.4. The van der Waals surface area contributed by atoms with Gasteiger partial charge in [-0.25, -0.2) is 73.5 Å². The fraction of sp³-hybridized carbons (Fsp3) is 0.320. The van der Waals surface area contributed by atoms with E-state index in [1.54, 1.807) is 168 Å². The average molecular weight is 2100 g/mol. The molecule has 0 radical (unpaired) electrons. The third kappa shape index (κ3) is 24.9. The van der Waals surface area contributed by atoms with E-state index < -0.39 is 108 Å². The highest BCUT2D eigenvalue weighted by molar-refractivity contribution is 7.92. The molecule has 4 N–H and O–H groups in total. The standard InChI is InChI=1S/4C25H28N6O5S/c4*1-15-9-18(13-26-10-15)25-30-29-21(31(25)22-19(35-4)7-6-8-20(22)36-5)14-37(33,34)17(3)23(32)24-27-11-16(2)12-28-24/h4*6-13,17,23,32H,14H2,1-5H3/t2*17-,23+;2*17-,23-/m1010/s1. The van der Waals surface area contributed by atoms with Gasteiger partial charge in [-0.15, -0.1) is 40.8 Å². The van der Waals surface area contributed by atoms with Crippen LogP contribution < -0.4 is 37.9 Å². The fourth-order valence-corrected chi connectivity index (χ4v) is 20.6. The van der Waals surface area contributed by atoms with Crippen LogP contribution in [0.4, 0.5) is 0 Å². The molecular formula is C100H112N24O20S4. The Morgan fingerprint density at radius 2 is 0.405 bits per heavy atom. The van der Waals surface area contributed by atoms with Crippen molar-refractivity contribution < 1.29 is 92.0 Å². The first-order valence-corrected chi connectivity index (χ1v) is 52.5. The van der Waals surface area contributed by atoms with Gasteiger partial charge in [0.15, 0.2) is 109 Å². The number of methoxy groups -OCH3 is 8. The van der Waals surface area contributed by atoms with Crippen LogP contribution in [0.25, 0.3) is 68.3 Å². The topological polar surface area (TPSA) is 569 Å². The molecule has 16 aromatic rings.